The SMILES string of the molecule is O=C(NCc1nccc(-c2c[nH]c3ncccc23)n1)c1cccn(Cc2ccc(F)c(F)c2)c1=O. The van der Waals surface area contributed by atoms with Gasteiger partial charge in [-0.1, -0.05) is 6.07 Å². The Kier molecular flexibility index (Phi) is 5.84. The Morgan fingerprint density at radius 3 is 2.77 bits per heavy atom. The van der Waals surface area contributed by atoms with Crippen LogP contribution < -0.4 is 10.9 Å². The summed E-state index contributed by atoms with van der Waals surface area (Å²) in [5, 5.41) is 3.58. The smallest absolute Gasteiger partial charge is 0.263 e. The average Bonchev–Trinajstić information content (AvgIpc) is 3.30. The second-order valence-electron chi connectivity index (χ2n) is 7.75. The van der Waals surface area contributed by atoms with Crippen LogP contribution in [0.15, 0.2) is 78.1 Å². The minimum absolute atomic E-state index is 0.00475. The molecule has 10 heteroatoms. The summed E-state index contributed by atoms with van der Waals surface area (Å²) in [6.45, 7) is -0.00737. The summed E-state index contributed by atoms with van der Waals surface area (Å²) >= 11 is 0. The van der Waals surface area contributed by atoms with Crippen LogP contribution in [0.4, 0.5) is 8.78 Å². The van der Waals surface area contributed by atoms with Gasteiger partial charge in [-0.15, -0.1) is 0 Å². The standard InChI is InChI=1S/C25H18F2N6O2/c26-19-6-5-15(11-20(19)27)14-33-10-2-4-17(25(33)35)24(34)31-13-22-28-9-7-21(32-22)18-12-30-23-16(18)3-1-8-29-23/h1-12H,13-14H2,(H,29,30)(H,31,34). The van der Waals surface area contributed by atoms with Crippen LogP contribution in [0.1, 0.15) is 21.7 Å². The summed E-state index contributed by atoms with van der Waals surface area (Å²) in [5.41, 5.74) is 1.99. The number of nitrogens with zero attached hydrogens (tertiary/aromatic N) is 4. The summed E-state index contributed by atoms with van der Waals surface area (Å²) in [7, 11) is 0. The maximum atomic E-state index is 13.5. The number of H-pyrrole nitrogens is 1. The molecule has 174 valence electrons. The summed E-state index contributed by atoms with van der Waals surface area (Å²) in [5.74, 6) is -2.20. The highest BCUT2D eigenvalue weighted by Gasteiger charge is 2.14. The third kappa shape index (κ3) is 4.54. The van der Waals surface area contributed by atoms with E-state index in [1.165, 1.54) is 22.9 Å². The molecule has 0 saturated heterocycles. The summed E-state index contributed by atoms with van der Waals surface area (Å²) in [4.78, 5) is 41.6. The molecule has 0 fully saturated rings. The number of carbonyl (C=O) groups excluding carboxylic acids is 1. The fraction of sp³-hybridized carbons (Fsp3) is 0.0800. The lowest BCUT2D eigenvalue weighted by atomic mass is 10.1. The van der Waals surface area contributed by atoms with Crippen LogP contribution in [0.25, 0.3) is 22.3 Å². The molecule has 4 aromatic heterocycles. The van der Waals surface area contributed by atoms with E-state index in [1.807, 2.05) is 18.3 Å². The van der Waals surface area contributed by atoms with Crippen molar-refractivity contribution in [2.24, 2.45) is 0 Å². The van der Waals surface area contributed by atoms with Crippen molar-refractivity contribution in [3.05, 3.63) is 112 Å². The van der Waals surface area contributed by atoms with Crippen molar-refractivity contribution in [3.8, 4) is 11.3 Å². The number of aromatic amines is 1. The van der Waals surface area contributed by atoms with Crippen LogP contribution >= 0.6 is 0 Å². The second kappa shape index (κ2) is 9.26. The van der Waals surface area contributed by atoms with E-state index < -0.39 is 23.1 Å². The number of halogens is 2. The molecule has 0 aliphatic rings. The fourth-order valence-electron chi connectivity index (χ4n) is 3.73. The molecule has 8 nitrogen and oxygen atoms in total. The summed E-state index contributed by atoms with van der Waals surface area (Å²) in [6.07, 6.45) is 6.57. The number of fused-ring (bicyclic) bond motifs is 1. The highest BCUT2D eigenvalue weighted by molar-refractivity contribution is 5.94. The second-order valence-corrected chi connectivity index (χ2v) is 7.75. The first kappa shape index (κ1) is 22.1. The first-order valence-electron chi connectivity index (χ1n) is 10.7. The Morgan fingerprint density at radius 1 is 1.03 bits per heavy atom. The lowest BCUT2D eigenvalue weighted by molar-refractivity contribution is 0.0947. The van der Waals surface area contributed by atoms with Crippen LogP contribution in [0.3, 0.4) is 0 Å². The Balaban J connectivity index is 1.32. The Hall–Kier alpha value is -4.73. The molecular weight excluding hydrogens is 454 g/mol. The van der Waals surface area contributed by atoms with Crippen LogP contribution in [-0.2, 0) is 13.1 Å². The van der Waals surface area contributed by atoms with Crippen molar-refractivity contribution >= 4 is 16.9 Å². The lowest BCUT2D eigenvalue weighted by Crippen LogP contribution is -2.33. The van der Waals surface area contributed by atoms with Gasteiger partial charge in [0.05, 0.1) is 18.8 Å². The number of carbonyl (C=O) groups is 1. The third-order valence-corrected chi connectivity index (χ3v) is 5.44. The van der Waals surface area contributed by atoms with Gasteiger partial charge >= 0.3 is 0 Å². The summed E-state index contributed by atoms with van der Waals surface area (Å²) in [6, 6.07) is 11.9. The highest BCUT2D eigenvalue weighted by Crippen LogP contribution is 2.25. The van der Waals surface area contributed by atoms with Gasteiger partial charge in [0.15, 0.2) is 11.6 Å². The largest absolute Gasteiger partial charge is 0.345 e. The molecule has 0 saturated carbocycles. The predicted molar refractivity (Wildman–Crippen MR) is 124 cm³/mol. The van der Waals surface area contributed by atoms with E-state index in [0.29, 0.717) is 17.1 Å². The topological polar surface area (TPSA) is 106 Å². The molecule has 2 N–H and O–H groups in total. The van der Waals surface area contributed by atoms with Crippen molar-refractivity contribution in [2.45, 2.75) is 13.1 Å². The number of pyridine rings is 2. The number of rotatable bonds is 6. The molecule has 0 aliphatic carbocycles. The van der Waals surface area contributed by atoms with Crippen LogP contribution in [-0.4, -0.2) is 30.4 Å². The highest BCUT2D eigenvalue weighted by atomic mass is 19.2. The van der Waals surface area contributed by atoms with Crippen LogP contribution in [0, 0.1) is 11.6 Å². The van der Waals surface area contributed by atoms with Gasteiger partial charge in [0.2, 0.25) is 0 Å². The van der Waals surface area contributed by atoms with Crippen molar-refractivity contribution in [1.29, 1.82) is 0 Å². The Morgan fingerprint density at radius 2 is 1.91 bits per heavy atom. The van der Waals surface area contributed by atoms with Gasteiger partial charge < -0.3 is 14.9 Å². The number of amides is 1. The molecule has 0 atom stereocenters. The Labute approximate surface area is 197 Å². The predicted octanol–water partition coefficient (Wildman–Crippen LogP) is 3.44. The van der Waals surface area contributed by atoms with Crippen molar-refractivity contribution < 1.29 is 13.6 Å². The number of hydrogen-bond donors (Lipinski definition) is 2. The van der Waals surface area contributed by atoms with E-state index in [0.717, 1.165) is 28.7 Å². The van der Waals surface area contributed by atoms with Gasteiger partial charge in [0.25, 0.3) is 11.5 Å². The number of nitrogens with one attached hydrogen (secondary N) is 2. The molecule has 0 unspecified atom stereocenters. The summed E-state index contributed by atoms with van der Waals surface area (Å²) < 4.78 is 27.9. The van der Waals surface area contributed by atoms with Gasteiger partial charge in [0.1, 0.15) is 17.0 Å². The molecule has 4 heterocycles. The van der Waals surface area contributed by atoms with E-state index in [1.54, 1.807) is 24.5 Å². The van der Waals surface area contributed by atoms with Crippen molar-refractivity contribution in [2.75, 3.05) is 0 Å². The maximum Gasteiger partial charge on any atom is 0.263 e. The Bertz CT molecular complexity index is 1610. The van der Waals surface area contributed by atoms with Gasteiger partial charge in [-0.3, -0.25) is 9.59 Å². The quantitative estimate of drug-likeness (QED) is 0.394. The zero-order valence-corrected chi connectivity index (χ0v) is 18.2. The third-order valence-electron chi connectivity index (χ3n) is 5.44. The number of hydrogen-bond acceptors (Lipinski definition) is 5. The first-order chi connectivity index (χ1) is 17.0. The minimum atomic E-state index is -1.00. The molecule has 0 bridgehead atoms. The molecular formula is C25H18F2N6O2. The van der Waals surface area contributed by atoms with Crippen molar-refractivity contribution in [3.63, 3.8) is 0 Å². The number of benzene rings is 1. The van der Waals surface area contributed by atoms with Crippen LogP contribution in [0.2, 0.25) is 0 Å². The van der Waals surface area contributed by atoms with E-state index in [-0.39, 0.29) is 18.7 Å². The zero-order valence-electron chi connectivity index (χ0n) is 18.2. The van der Waals surface area contributed by atoms with Gasteiger partial charge in [-0.25, -0.2) is 23.7 Å². The maximum absolute atomic E-state index is 13.5. The molecule has 0 radical (unpaired) electrons. The van der Waals surface area contributed by atoms with E-state index in [4.69, 9.17) is 0 Å². The molecule has 1 amide bonds. The molecule has 0 spiro atoms. The fourth-order valence-corrected chi connectivity index (χ4v) is 3.73. The molecule has 0 aliphatic heterocycles. The normalized spacial score (nSPS) is 11.0. The van der Waals surface area contributed by atoms with E-state index in [9.17, 15) is 18.4 Å². The zero-order chi connectivity index (χ0) is 24.4. The average molecular weight is 472 g/mol. The monoisotopic (exact) mass is 472 g/mol. The molecule has 35 heavy (non-hydrogen) atoms. The van der Waals surface area contributed by atoms with E-state index in [2.05, 4.69) is 25.3 Å². The van der Waals surface area contributed by atoms with E-state index >= 15 is 0 Å². The van der Waals surface area contributed by atoms with Crippen LogP contribution in [0.5, 0.6) is 0 Å². The first-order valence-corrected chi connectivity index (χ1v) is 10.7. The number of aromatic nitrogens is 5. The van der Waals surface area contributed by atoms with Gasteiger partial charge in [-0.2, -0.15) is 0 Å². The van der Waals surface area contributed by atoms with Gasteiger partial charge in [-0.05, 0) is 48.0 Å². The minimum Gasteiger partial charge on any atom is -0.345 e. The van der Waals surface area contributed by atoms with Gasteiger partial charge in [0, 0.05) is 35.7 Å². The molecule has 5 rings (SSSR count). The van der Waals surface area contributed by atoms with Crippen molar-refractivity contribution in [1.82, 2.24) is 29.8 Å². The lowest BCUT2D eigenvalue weighted by Gasteiger charge is -2.09. The molecule has 5 aromatic rings. The molecule has 1 aromatic carbocycles.